The van der Waals surface area contributed by atoms with Crippen LogP contribution in [0, 0.1) is 20.8 Å². The Kier molecular flexibility index (Phi) is 5.02. The number of nitrogens with one attached hydrogen (secondary N) is 1. The van der Waals surface area contributed by atoms with Gasteiger partial charge in [0.15, 0.2) is 6.61 Å². The summed E-state index contributed by atoms with van der Waals surface area (Å²) in [7, 11) is 0. The summed E-state index contributed by atoms with van der Waals surface area (Å²) in [4.78, 5) is 11.9. The highest BCUT2D eigenvalue weighted by Gasteiger charge is 2.07. The lowest BCUT2D eigenvalue weighted by molar-refractivity contribution is -0.118. The van der Waals surface area contributed by atoms with Crippen LogP contribution >= 0.6 is 15.9 Å². The molecule has 0 saturated heterocycles. The number of ether oxygens (including phenoxy) is 1. The van der Waals surface area contributed by atoms with Gasteiger partial charge in [-0.15, -0.1) is 0 Å². The summed E-state index contributed by atoms with van der Waals surface area (Å²) in [6.45, 7) is 5.97. The summed E-state index contributed by atoms with van der Waals surface area (Å²) in [5.41, 5.74) is 4.06. The molecule has 0 aliphatic rings. The molecule has 0 heterocycles. The Labute approximate surface area is 133 Å². The second-order valence-corrected chi connectivity index (χ2v) is 5.87. The Bertz CT molecular complexity index is 645. The Hall–Kier alpha value is -1.81. The van der Waals surface area contributed by atoms with Crippen LogP contribution in [0.3, 0.4) is 0 Å². The predicted octanol–water partition coefficient (Wildman–Crippen LogP) is 4.39. The van der Waals surface area contributed by atoms with Gasteiger partial charge < -0.3 is 10.1 Å². The van der Waals surface area contributed by atoms with Crippen molar-refractivity contribution in [1.29, 1.82) is 0 Å². The number of rotatable bonds is 4. The van der Waals surface area contributed by atoms with E-state index in [9.17, 15) is 4.79 Å². The van der Waals surface area contributed by atoms with E-state index in [1.165, 1.54) is 0 Å². The number of benzene rings is 2. The maximum atomic E-state index is 11.9. The van der Waals surface area contributed by atoms with E-state index in [4.69, 9.17) is 4.74 Å². The van der Waals surface area contributed by atoms with Crippen molar-refractivity contribution in [2.24, 2.45) is 0 Å². The molecule has 0 bridgehead atoms. The van der Waals surface area contributed by atoms with Crippen LogP contribution in [0.25, 0.3) is 0 Å². The first kappa shape index (κ1) is 15.6. The highest BCUT2D eigenvalue weighted by atomic mass is 79.9. The Morgan fingerprint density at radius 1 is 1.14 bits per heavy atom. The molecule has 0 unspecified atom stereocenters. The first-order valence-corrected chi connectivity index (χ1v) is 7.51. The zero-order valence-electron chi connectivity index (χ0n) is 12.4. The third-order valence-electron chi connectivity index (χ3n) is 3.08. The number of aryl methyl sites for hydroxylation is 3. The first-order chi connectivity index (χ1) is 9.95. The van der Waals surface area contributed by atoms with Gasteiger partial charge in [0.1, 0.15) is 5.75 Å². The zero-order valence-corrected chi connectivity index (χ0v) is 14.0. The molecule has 0 fully saturated rings. The maximum Gasteiger partial charge on any atom is 0.262 e. The smallest absolute Gasteiger partial charge is 0.262 e. The predicted molar refractivity (Wildman–Crippen MR) is 88.9 cm³/mol. The molecule has 2 aromatic carbocycles. The standard InChI is InChI=1S/C17H18BrNO2/c1-11-5-4-6-14(7-11)19-16(20)10-21-15-8-12(2)17(18)13(3)9-15/h4-9H,10H2,1-3H3,(H,19,20). The average molecular weight is 348 g/mol. The van der Waals surface area contributed by atoms with E-state index in [-0.39, 0.29) is 12.5 Å². The van der Waals surface area contributed by atoms with Crippen LogP contribution < -0.4 is 10.1 Å². The number of hydrogen-bond acceptors (Lipinski definition) is 2. The summed E-state index contributed by atoms with van der Waals surface area (Å²) in [6.07, 6.45) is 0. The third-order valence-corrected chi connectivity index (χ3v) is 4.33. The van der Waals surface area contributed by atoms with Crippen molar-refractivity contribution in [1.82, 2.24) is 0 Å². The minimum absolute atomic E-state index is 0.00550. The van der Waals surface area contributed by atoms with Gasteiger partial charge in [-0.05, 0) is 61.7 Å². The minimum atomic E-state index is -0.168. The molecule has 2 rings (SSSR count). The third kappa shape index (κ3) is 4.33. The van der Waals surface area contributed by atoms with Crippen molar-refractivity contribution >= 4 is 27.5 Å². The number of amides is 1. The summed E-state index contributed by atoms with van der Waals surface area (Å²) in [6, 6.07) is 11.5. The van der Waals surface area contributed by atoms with Gasteiger partial charge in [0, 0.05) is 10.2 Å². The summed E-state index contributed by atoms with van der Waals surface area (Å²) >= 11 is 3.51. The molecule has 0 atom stereocenters. The molecule has 0 spiro atoms. The van der Waals surface area contributed by atoms with Crippen LogP contribution in [0.2, 0.25) is 0 Å². The van der Waals surface area contributed by atoms with E-state index >= 15 is 0 Å². The first-order valence-electron chi connectivity index (χ1n) is 6.72. The molecule has 1 amide bonds. The molecule has 4 heteroatoms. The number of carbonyl (C=O) groups is 1. The van der Waals surface area contributed by atoms with Crippen molar-refractivity contribution in [2.45, 2.75) is 20.8 Å². The lowest BCUT2D eigenvalue weighted by atomic mass is 10.1. The van der Waals surface area contributed by atoms with Gasteiger partial charge in [-0.2, -0.15) is 0 Å². The molecule has 21 heavy (non-hydrogen) atoms. The van der Waals surface area contributed by atoms with Crippen LogP contribution in [0.5, 0.6) is 5.75 Å². The fourth-order valence-corrected chi connectivity index (χ4v) is 2.29. The highest BCUT2D eigenvalue weighted by molar-refractivity contribution is 9.10. The summed E-state index contributed by atoms with van der Waals surface area (Å²) < 4.78 is 6.62. The Morgan fingerprint density at radius 2 is 1.81 bits per heavy atom. The Balaban J connectivity index is 1.95. The van der Waals surface area contributed by atoms with Gasteiger partial charge in [-0.25, -0.2) is 0 Å². The largest absolute Gasteiger partial charge is 0.484 e. The fraction of sp³-hybridized carbons (Fsp3) is 0.235. The highest BCUT2D eigenvalue weighted by Crippen LogP contribution is 2.26. The van der Waals surface area contributed by atoms with Crippen LogP contribution in [-0.2, 0) is 4.79 Å². The quantitative estimate of drug-likeness (QED) is 0.890. The minimum Gasteiger partial charge on any atom is -0.484 e. The maximum absolute atomic E-state index is 11.9. The molecule has 2 aromatic rings. The van der Waals surface area contributed by atoms with Crippen molar-refractivity contribution in [2.75, 3.05) is 11.9 Å². The molecule has 1 N–H and O–H groups in total. The fourth-order valence-electron chi connectivity index (χ4n) is 2.06. The van der Waals surface area contributed by atoms with Gasteiger partial charge in [0.05, 0.1) is 0 Å². The molecule has 0 radical (unpaired) electrons. The normalized spacial score (nSPS) is 10.3. The Morgan fingerprint density at radius 3 is 2.43 bits per heavy atom. The van der Waals surface area contributed by atoms with Crippen molar-refractivity contribution in [3.05, 3.63) is 57.6 Å². The van der Waals surface area contributed by atoms with Gasteiger partial charge in [0.25, 0.3) is 5.91 Å². The molecule has 3 nitrogen and oxygen atoms in total. The van der Waals surface area contributed by atoms with Crippen LogP contribution in [-0.4, -0.2) is 12.5 Å². The molecule has 0 aromatic heterocycles. The molecule has 0 aliphatic carbocycles. The SMILES string of the molecule is Cc1cccc(NC(=O)COc2cc(C)c(Br)c(C)c2)c1. The van der Waals surface area contributed by atoms with E-state index in [2.05, 4.69) is 21.2 Å². The van der Waals surface area contributed by atoms with E-state index in [0.29, 0.717) is 5.75 Å². The van der Waals surface area contributed by atoms with E-state index in [1.807, 2.05) is 57.2 Å². The second kappa shape index (κ2) is 6.76. The van der Waals surface area contributed by atoms with Crippen LogP contribution in [0.4, 0.5) is 5.69 Å². The lowest BCUT2D eigenvalue weighted by Crippen LogP contribution is -2.20. The molecule has 0 aliphatic heterocycles. The van der Waals surface area contributed by atoms with Gasteiger partial charge >= 0.3 is 0 Å². The summed E-state index contributed by atoms with van der Waals surface area (Å²) in [5.74, 6) is 0.534. The summed E-state index contributed by atoms with van der Waals surface area (Å²) in [5, 5.41) is 2.82. The van der Waals surface area contributed by atoms with E-state index in [1.54, 1.807) is 0 Å². The number of anilines is 1. The number of carbonyl (C=O) groups excluding carboxylic acids is 1. The molecular formula is C17H18BrNO2. The average Bonchev–Trinajstić information content (AvgIpc) is 2.42. The number of halogens is 1. The van der Waals surface area contributed by atoms with E-state index < -0.39 is 0 Å². The lowest BCUT2D eigenvalue weighted by Gasteiger charge is -2.10. The number of hydrogen-bond donors (Lipinski definition) is 1. The van der Waals surface area contributed by atoms with Crippen molar-refractivity contribution < 1.29 is 9.53 Å². The molecule has 110 valence electrons. The topological polar surface area (TPSA) is 38.3 Å². The van der Waals surface area contributed by atoms with Crippen molar-refractivity contribution in [3.63, 3.8) is 0 Å². The van der Waals surface area contributed by atoms with Crippen molar-refractivity contribution in [3.8, 4) is 5.75 Å². The molecule has 0 saturated carbocycles. The van der Waals surface area contributed by atoms with Gasteiger partial charge in [-0.3, -0.25) is 4.79 Å². The zero-order chi connectivity index (χ0) is 15.4. The molecular weight excluding hydrogens is 330 g/mol. The monoisotopic (exact) mass is 347 g/mol. The second-order valence-electron chi connectivity index (χ2n) is 5.08. The van der Waals surface area contributed by atoms with E-state index in [0.717, 1.165) is 26.9 Å². The van der Waals surface area contributed by atoms with Crippen LogP contribution in [0.15, 0.2) is 40.9 Å². The van der Waals surface area contributed by atoms with Gasteiger partial charge in [0.2, 0.25) is 0 Å². The van der Waals surface area contributed by atoms with Gasteiger partial charge in [-0.1, -0.05) is 28.1 Å². The van der Waals surface area contributed by atoms with Crippen LogP contribution in [0.1, 0.15) is 16.7 Å².